The van der Waals surface area contributed by atoms with Gasteiger partial charge in [0.05, 0.1) is 5.69 Å². The molecule has 0 aromatic heterocycles. The molecule has 2 aromatic carbocycles. The third-order valence-corrected chi connectivity index (χ3v) is 2.46. The van der Waals surface area contributed by atoms with E-state index in [4.69, 9.17) is 5.73 Å². The monoisotopic (exact) mass is 233 g/mol. The number of hydrogen-bond donors (Lipinski definition) is 1. The summed E-state index contributed by atoms with van der Waals surface area (Å²) in [6.07, 6.45) is 0.660. The summed E-state index contributed by atoms with van der Waals surface area (Å²) in [6.45, 7) is 0. The van der Waals surface area contributed by atoms with E-state index < -0.39 is 11.6 Å². The molecular formula is C13H9F2NO. The Kier molecular flexibility index (Phi) is 2.87. The Morgan fingerprint density at radius 2 is 1.82 bits per heavy atom. The molecule has 0 saturated carbocycles. The van der Waals surface area contributed by atoms with E-state index in [1.807, 2.05) is 0 Å². The molecule has 2 rings (SSSR count). The molecule has 0 aliphatic rings. The molecule has 0 saturated heterocycles. The summed E-state index contributed by atoms with van der Waals surface area (Å²) in [5.74, 6) is -2.10. The highest BCUT2D eigenvalue weighted by atomic mass is 19.2. The number of aldehydes is 1. The first-order valence-electron chi connectivity index (χ1n) is 4.92. The minimum absolute atomic E-state index is 0.277. The van der Waals surface area contributed by atoms with Crippen LogP contribution < -0.4 is 5.73 Å². The van der Waals surface area contributed by atoms with Gasteiger partial charge in [0.2, 0.25) is 0 Å². The van der Waals surface area contributed by atoms with Gasteiger partial charge in [-0.05, 0) is 23.3 Å². The molecule has 17 heavy (non-hydrogen) atoms. The van der Waals surface area contributed by atoms with Crippen molar-refractivity contribution in [2.45, 2.75) is 0 Å². The van der Waals surface area contributed by atoms with Crippen molar-refractivity contribution in [3.05, 3.63) is 53.6 Å². The highest BCUT2D eigenvalue weighted by molar-refractivity contribution is 5.88. The Bertz CT molecular complexity index is 558. The Balaban J connectivity index is 2.65. The van der Waals surface area contributed by atoms with Gasteiger partial charge in [-0.2, -0.15) is 0 Å². The van der Waals surface area contributed by atoms with Gasteiger partial charge in [-0.15, -0.1) is 0 Å². The van der Waals surface area contributed by atoms with Gasteiger partial charge in [-0.1, -0.05) is 24.3 Å². The summed E-state index contributed by atoms with van der Waals surface area (Å²) >= 11 is 0. The van der Waals surface area contributed by atoms with Crippen LogP contribution in [0.15, 0.2) is 36.4 Å². The second-order valence-corrected chi connectivity index (χ2v) is 3.57. The molecule has 0 atom stereocenters. The van der Waals surface area contributed by atoms with E-state index in [0.29, 0.717) is 23.0 Å². The molecule has 0 spiro atoms. The highest BCUT2D eigenvalue weighted by Gasteiger charge is 2.11. The number of nitrogens with two attached hydrogens (primary N) is 1. The lowest BCUT2D eigenvalue weighted by Crippen LogP contribution is -1.96. The van der Waals surface area contributed by atoms with Crippen molar-refractivity contribution in [3.63, 3.8) is 0 Å². The molecular weight excluding hydrogens is 224 g/mol. The van der Waals surface area contributed by atoms with Crippen LogP contribution in [0.1, 0.15) is 10.4 Å². The molecule has 0 aliphatic carbocycles. The van der Waals surface area contributed by atoms with Crippen molar-refractivity contribution in [1.82, 2.24) is 0 Å². The van der Waals surface area contributed by atoms with Crippen LogP contribution in [0.4, 0.5) is 14.5 Å². The lowest BCUT2D eigenvalue weighted by molar-refractivity contribution is 0.112. The predicted molar refractivity (Wildman–Crippen MR) is 61.6 cm³/mol. The normalized spacial score (nSPS) is 10.2. The fraction of sp³-hybridized carbons (Fsp3) is 0. The maximum atomic E-state index is 13.2. The van der Waals surface area contributed by atoms with Gasteiger partial charge in [-0.25, -0.2) is 8.78 Å². The molecule has 4 heteroatoms. The molecule has 0 unspecified atom stereocenters. The van der Waals surface area contributed by atoms with Crippen LogP contribution in [0.3, 0.4) is 0 Å². The van der Waals surface area contributed by atoms with E-state index in [-0.39, 0.29) is 5.69 Å². The first-order chi connectivity index (χ1) is 8.13. The maximum absolute atomic E-state index is 13.2. The quantitative estimate of drug-likeness (QED) is 0.640. The first-order valence-corrected chi connectivity index (χ1v) is 4.92. The number of carbonyl (C=O) groups excluding carboxylic acids is 1. The van der Waals surface area contributed by atoms with E-state index in [0.717, 1.165) is 6.07 Å². The average molecular weight is 233 g/mol. The molecule has 0 heterocycles. The lowest BCUT2D eigenvalue weighted by Gasteiger charge is -2.07. The summed E-state index contributed by atoms with van der Waals surface area (Å²) in [7, 11) is 0. The molecule has 0 bridgehead atoms. The van der Waals surface area contributed by atoms with Gasteiger partial charge in [0.25, 0.3) is 0 Å². The third-order valence-electron chi connectivity index (χ3n) is 2.46. The lowest BCUT2D eigenvalue weighted by atomic mass is 10.00. The Labute approximate surface area is 96.7 Å². The molecule has 0 radical (unpaired) electrons. The minimum Gasteiger partial charge on any atom is -0.396 e. The van der Waals surface area contributed by atoms with Gasteiger partial charge in [0.1, 0.15) is 0 Å². The number of benzene rings is 2. The zero-order valence-electron chi connectivity index (χ0n) is 8.78. The van der Waals surface area contributed by atoms with Crippen LogP contribution in [-0.2, 0) is 0 Å². The average Bonchev–Trinajstić information content (AvgIpc) is 2.35. The van der Waals surface area contributed by atoms with E-state index in [1.54, 1.807) is 24.3 Å². The zero-order valence-corrected chi connectivity index (χ0v) is 8.78. The molecule has 2 nitrogen and oxygen atoms in total. The number of carbonyl (C=O) groups is 1. The molecule has 0 amide bonds. The molecule has 0 aliphatic heterocycles. The highest BCUT2D eigenvalue weighted by Crippen LogP contribution is 2.27. The van der Waals surface area contributed by atoms with Crippen molar-refractivity contribution < 1.29 is 13.6 Å². The zero-order chi connectivity index (χ0) is 12.4. The second kappa shape index (κ2) is 4.33. The number of nitrogen functional groups attached to an aromatic ring is 1. The van der Waals surface area contributed by atoms with E-state index in [2.05, 4.69) is 0 Å². The Morgan fingerprint density at radius 1 is 1.12 bits per heavy atom. The van der Waals surface area contributed by atoms with Gasteiger partial charge < -0.3 is 5.73 Å². The SMILES string of the molecule is Nc1cc(-c2ccccc2C=O)cc(F)c1F. The van der Waals surface area contributed by atoms with Gasteiger partial charge in [0.15, 0.2) is 17.9 Å². The molecule has 0 fully saturated rings. The maximum Gasteiger partial charge on any atom is 0.181 e. The van der Waals surface area contributed by atoms with Crippen molar-refractivity contribution in [2.24, 2.45) is 0 Å². The topological polar surface area (TPSA) is 43.1 Å². The fourth-order valence-corrected chi connectivity index (χ4v) is 1.63. The fourth-order valence-electron chi connectivity index (χ4n) is 1.63. The number of hydrogen-bond acceptors (Lipinski definition) is 2. The van der Waals surface area contributed by atoms with E-state index in [9.17, 15) is 13.6 Å². The number of rotatable bonds is 2. The minimum atomic E-state index is -1.07. The molecule has 2 N–H and O–H groups in total. The van der Waals surface area contributed by atoms with Crippen LogP contribution >= 0.6 is 0 Å². The van der Waals surface area contributed by atoms with Crippen molar-refractivity contribution in [3.8, 4) is 11.1 Å². The van der Waals surface area contributed by atoms with E-state index in [1.165, 1.54) is 6.07 Å². The first kappa shape index (κ1) is 11.3. The van der Waals surface area contributed by atoms with Crippen molar-refractivity contribution in [1.29, 1.82) is 0 Å². The van der Waals surface area contributed by atoms with Gasteiger partial charge in [0, 0.05) is 5.56 Å². The predicted octanol–water partition coefficient (Wildman–Crippen LogP) is 3.03. The summed E-state index contributed by atoms with van der Waals surface area (Å²) in [5.41, 5.74) is 6.37. The van der Waals surface area contributed by atoms with Crippen LogP contribution in [0.2, 0.25) is 0 Å². The summed E-state index contributed by atoms with van der Waals surface area (Å²) < 4.78 is 26.3. The van der Waals surface area contributed by atoms with Crippen LogP contribution in [0.25, 0.3) is 11.1 Å². The largest absolute Gasteiger partial charge is 0.396 e. The summed E-state index contributed by atoms with van der Waals surface area (Å²) in [4.78, 5) is 10.8. The van der Waals surface area contributed by atoms with Crippen molar-refractivity contribution >= 4 is 12.0 Å². The van der Waals surface area contributed by atoms with Crippen LogP contribution in [0, 0.1) is 11.6 Å². The van der Waals surface area contributed by atoms with Crippen LogP contribution in [0.5, 0.6) is 0 Å². The number of halogens is 2. The standard InChI is InChI=1S/C13H9F2NO/c14-11-5-9(6-12(16)13(11)15)10-4-2-1-3-8(10)7-17/h1-7H,16H2. The van der Waals surface area contributed by atoms with E-state index >= 15 is 0 Å². The second-order valence-electron chi connectivity index (χ2n) is 3.57. The van der Waals surface area contributed by atoms with Gasteiger partial charge in [-0.3, -0.25) is 4.79 Å². The van der Waals surface area contributed by atoms with Gasteiger partial charge >= 0.3 is 0 Å². The molecule has 86 valence electrons. The third kappa shape index (κ3) is 2.01. The molecule has 2 aromatic rings. The number of anilines is 1. The van der Waals surface area contributed by atoms with Crippen molar-refractivity contribution in [2.75, 3.05) is 5.73 Å². The van der Waals surface area contributed by atoms with Crippen LogP contribution in [-0.4, -0.2) is 6.29 Å². The Morgan fingerprint density at radius 3 is 2.47 bits per heavy atom. The smallest absolute Gasteiger partial charge is 0.181 e. The summed E-state index contributed by atoms with van der Waals surface area (Å²) in [6, 6.07) is 8.97. The summed E-state index contributed by atoms with van der Waals surface area (Å²) in [5, 5.41) is 0. The Hall–Kier alpha value is -2.23.